The first-order valence-corrected chi connectivity index (χ1v) is 7.60. The Morgan fingerprint density at radius 1 is 0.957 bits per heavy atom. The van der Waals surface area contributed by atoms with E-state index in [2.05, 4.69) is 0 Å². The summed E-state index contributed by atoms with van der Waals surface area (Å²) >= 11 is 5.86. The molecule has 3 aromatic carbocycles. The lowest BCUT2D eigenvalue weighted by Crippen LogP contribution is -1.97. The van der Waals surface area contributed by atoms with E-state index >= 15 is 0 Å². The average Bonchev–Trinajstić information content (AvgIpc) is 2.60. The molecule has 0 aliphatic rings. The van der Waals surface area contributed by atoms with Gasteiger partial charge in [0, 0.05) is 16.0 Å². The summed E-state index contributed by atoms with van der Waals surface area (Å²) in [5, 5.41) is 2.49. The van der Waals surface area contributed by atoms with Gasteiger partial charge in [-0.2, -0.15) is 0 Å². The van der Waals surface area contributed by atoms with Gasteiger partial charge in [0.1, 0.15) is 5.75 Å². The molecule has 2 nitrogen and oxygen atoms in total. The number of methoxy groups -OCH3 is 1. The van der Waals surface area contributed by atoms with Crippen LogP contribution in [0.4, 0.5) is 0 Å². The van der Waals surface area contributed by atoms with Crippen molar-refractivity contribution in [3.05, 3.63) is 82.9 Å². The number of halogens is 1. The summed E-state index contributed by atoms with van der Waals surface area (Å²) in [6, 6.07) is 18.7. The summed E-state index contributed by atoms with van der Waals surface area (Å²) in [4.78, 5) is 12.5. The molecule has 0 N–H and O–H groups in total. The molecule has 0 saturated heterocycles. The molecule has 0 heterocycles. The van der Waals surface area contributed by atoms with E-state index in [0.29, 0.717) is 10.6 Å². The van der Waals surface area contributed by atoms with Crippen molar-refractivity contribution in [2.75, 3.05) is 7.11 Å². The Labute approximate surface area is 140 Å². The number of hydrogen-bond acceptors (Lipinski definition) is 2. The topological polar surface area (TPSA) is 26.3 Å². The Hall–Kier alpha value is -2.58. The monoisotopic (exact) mass is 322 g/mol. The van der Waals surface area contributed by atoms with Crippen LogP contribution in [0.3, 0.4) is 0 Å². The van der Waals surface area contributed by atoms with Gasteiger partial charge in [-0.15, -0.1) is 0 Å². The minimum atomic E-state index is -0.0428. The van der Waals surface area contributed by atoms with Crippen LogP contribution in [0.15, 0.2) is 66.7 Å². The fourth-order valence-electron chi connectivity index (χ4n) is 2.50. The largest absolute Gasteiger partial charge is 0.496 e. The number of carbonyl (C=O) groups excluding carboxylic acids is 1. The molecule has 114 valence electrons. The van der Waals surface area contributed by atoms with E-state index in [1.54, 1.807) is 37.5 Å². The number of carbonyl (C=O) groups is 1. The molecule has 0 amide bonds. The molecule has 0 saturated carbocycles. The zero-order chi connectivity index (χ0) is 16.2. The second kappa shape index (κ2) is 6.67. The Bertz CT molecular complexity index is 880. The van der Waals surface area contributed by atoms with E-state index < -0.39 is 0 Å². The molecule has 0 aromatic heterocycles. The van der Waals surface area contributed by atoms with Gasteiger partial charge in [0.25, 0.3) is 0 Å². The number of benzene rings is 3. The first-order valence-electron chi connectivity index (χ1n) is 7.23. The third kappa shape index (κ3) is 3.27. The van der Waals surface area contributed by atoms with Crippen LogP contribution in [-0.2, 0) is 0 Å². The predicted octanol–water partition coefficient (Wildman–Crippen LogP) is 5.40. The Morgan fingerprint density at radius 2 is 1.65 bits per heavy atom. The highest BCUT2D eigenvalue weighted by Gasteiger charge is 2.10. The first kappa shape index (κ1) is 15.3. The van der Waals surface area contributed by atoms with Crippen LogP contribution in [0.5, 0.6) is 5.75 Å². The zero-order valence-corrected chi connectivity index (χ0v) is 13.4. The second-order valence-corrected chi connectivity index (χ2v) is 5.55. The van der Waals surface area contributed by atoms with E-state index in [1.807, 2.05) is 42.5 Å². The van der Waals surface area contributed by atoms with Gasteiger partial charge in [-0.3, -0.25) is 4.79 Å². The van der Waals surface area contributed by atoms with Gasteiger partial charge >= 0.3 is 0 Å². The summed E-state index contributed by atoms with van der Waals surface area (Å²) in [6.07, 6.45) is 3.37. The number of ether oxygens (including phenoxy) is 1. The van der Waals surface area contributed by atoms with Crippen LogP contribution in [0.1, 0.15) is 15.9 Å². The number of rotatable bonds is 4. The van der Waals surface area contributed by atoms with Crippen LogP contribution in [0.25, 0.3) is 16.8 Å². The third-order valence-electron chi connectivity index (χ3n) is 3.67. The van der Waals surface area contributed by atoms with E-state index in [0.717, 1.165) is 22.1 Å². The minimum absolute atomic E-state index is 0.0428. The SMILES string of the molecule is COc1ccc(C(=O)C=Cc2ccc(Cl)cc2)c2ccccc12. The van der Waals surface area contributed by atoms with Crippen LogP contribution < -0.4 is 4.74 Å². The molecule has 0 unspecified atom stereocenters. The Morgan fingerprint density at radius 3 is 2.35 bits per heavy atom. The normalized spacial score (nSPS) is 11.0. The fourth-order valence-corrected chi connectivity index (χ4v) is 2.63. The summed E-state index contributed by atoms with van der Waals surface area (Å²) in [6.45, 7) is 0. The highest BCUT2D eigenvalue weighted by Crippen LogP contribution is 2.28. The maximum absolute atomic E-state index is 12.5. The maximum Gasteiger partial charge on any atom is 0.186 e. The van der Waals surface area contributed by atoms with Gasteiger partial charge in [-0.05, 0) is 41.3 Å². The quantitative estimate of drug-likeness (QED) is 0.475. The van der Waals surface area contributed by atoms with Crippen molar-refractivity contribution in [1.82, 2.24) is 0 Å². The third-order valence-corrected chi connectivity index (χ3v) is 3.92. The van der Waals surface area contributed by atoms with Crippen LogP contribution in [0.2, 0.25) is 5.02 Å². The first-order chi connectivity index (χ1) is 11.2. The standard InChI is InChI=1S/C20H15ClO2/c1-23-20-13-11-17(16-4-2-3-5-18(16)20)19(22)12-8-14-6-9-15(21)10-7-14/h2-13H,1H3. The zero-order valence-electron chi connectivity index (χ0n) is 12.6. The van der Waals surface area contributed by atoms with Crippen molar-refractivity contribution in [3.63, 3.8) is 0 Å². The summed E-state index contributed by atoms with van der Waals surface area (Å²) < 4.78 is 5.36. The van der Waals surface area contributed by atoms with Gasteiger partial charge in [0.05, 0.1) is 7.11 Å². The van der Waals surface area contributed by atoms with E-state index in [9.17, 15) is 4.79 Å². The molecule has 0 spiro atoms. The van der Waals surface area contributed by atoms with Crippen molar-refractivity contribution < 1.29 is 9.53 Å². The number of ketones is 1. The molecule has 0 radical (unpaired) electrons. The lowest BCUT2D eigenvalue weighted by Gasteiger charge is -2.08. The van der Waals surface area contributed by atoms with Crippen LogP contribution in [0, 0.1) is 0 Å². The molecule has 23 heavy (non-hydrogen) atoms. The van der Waals surface area contributed by atoms with Gasteiger partial charge < -0.3 is 4.74 Å². The smallest absolute Gasteiger partial charge is 0.186 e. The number of hydrogen-bond donors (Lipinski definition) is 0. The number of fused-ring (bicyclic) bond motifs is 1. The van der Waals surface area contributed by atoms with Crippen molar-refractivity contribution in [2.24, 2.45) is 0 Å². The summed E-state index contributed by atoms with van der Waals surface area (Å²) in [7, 11) is 1.63. The molecule has 0 aliphatic heterocycles. The number of allylic oxidation sites excluding steroid dienone is 1. The molecule has 0 bridgehead atoms. The molecular weight excluding hydrogens is 308 g/mol. The second-order valence-electron chi connectivity index (χ2n) is 5.11. The summed E-state index contributed by atoms with van der Waals surface area (Å²) in [5.41, 5.74) is 1.59. The molecule has 3 rings (SSSR count). The van der Waals surface area contributed by atoms with Gasteiger partial charge in [-0.1, -0.05) is 54.1 Å². The van der Waals surface area contributed by atoms with E-state index in [1.165, 1.54) is 0 Å². The summed E-state index contributed by atoms with van der Waals surface area (Å²) in [5.74, 6) is 0.720. The van der Waals surface area contributed by atoms with Crippen molar-refractivity contribution in [2.45, 2.75) is 0 Å². The van der Waals surface area contributed by atoms with Crippen molar-refractivity contribution >= 4 is 34.2 Å². The molecule has 0 fully saturated rings. The highest BCUT2D eigenvalue weighted by atomic mass is 35.5. The molecule has 3 aromatic rings. The van der Waals surface area contributed by atoms with Crippen LogP contribution >= 0.6 is 11.6 Å². The molecule has 3 heteroatoms. The Kier molecular flexibility index (Phi) is 4.45. The van der Waals surface area contributed by atoms with Gasteiger partial charge in [0.15, 0.2) is 5.78 Å². The van der Waals surface area contributed by atoms with Crippen molar-refractivity contribution in [3.8, 4) is 5.75 Å². The lowest BCUT2D eigenvalue weighted by molar-refractivity contribution is 0.104. The van der Waals surface area contributed by atoms with Gasteiger partial charge in [0.2, 0.25) is 0 Å². The van der Waals surface area contributed by atoms with E-state index in [4.69, 9.17) is 16.3 Å². The Balaban J connectivity index is 1.96. The van der Waals surface area contributed by atoms with Crippen molar-refractivity contribution in [1.29, 1.82) is 0 Å². The highest BCUT2D eigenvalue weighted by molar-refractivity contribution is 6.30. The fraction of sp³-hybridized carbons (Fsp3) is 0.0500. The van der Waals surface area contributed by atoms with E-state index in [-0.39, 0.29) is 5.78 Å². The van der Waals surface area contributed by atoms with Crippen LogP contribution in [-0.4, -0.2) is 12.9 Å². The molecule has 0 aliphatic carbocycles. The van der Waals surface area contributed by atoms with Gasteiger partial charge in [-0.25, -0.2) is 0 Å². The lowest BCUT2D eigenvalue weighted by atomic mass is 10.00. The maximum atomic E-state index is 12.5. The predicted molar refractivity (Wildman–Crippen MR) is 95.3 cm³/mol. The molecular formula is C20H15ClO2. The minimum Gasteiger partial charge on any atom is -0.496 e. The average molecular weight is 323 g/mol. The molecule has 0 atom stereocenters.